The molecule has 0 aromatic heterocycles. The molecule has 1 aromatic rings. The number of aromatic carboxylic acids is 1. The van der Waals surface area contributed by atoms with Gasteiger partial charge in [-0.1, -0.05) is 42.6 Å². The summed E-state index contributed by atoms with van der Waals surface area (Å²) in [4.78, 5) is 11.4. The molecule has 2 unspecified atom stereocenters. The van der Waals surface area contributed by atoms with Crippen molar-refractivity contribution < 1.29 is 9.90 Å². The van der Waals surface area contributed by atoms with Gasteiger partial charge in [0, 0.05) is 16.2 Å². The largest absolute Gasteiger partial charge is 0.478 e. The zero-order valence-electron chi connectivity index (χ0n) is 12.0. The third kappa shape index (κ3) is 3.54. The molecule has 1 aliphatic carbocycles. The first-order valence-corrected chi connectivity index (χ1v) is 8.07. The molecule has 1 aliphatic rings. The fourth-order valence-corrected chi connectivity index (χ4v) is 3.52. The number of halogens is 1. The van der Waals surface area contributed by atoms with Crippen molar-refractivity contribution in [3.63, 3.8) is 0 Å². The molecule has 0 radical (unpaired) electrons. The normalized spacial score (nSPS) is 22.8. The highest BCUT2D eigenvalue weighted by atomic mass is 79.9. The number of anilines is 1. The number of rotatable bonds is 4. The van der Waals surface area contributed by atoms with Crippen LogP contribution < -0.4 is 5.32 Å². The second-order valence-electron chi connectivity index (χ2n) is 5.94. The van der Waals surface area contributed by atoms with Crippen LogP contribution in [-0.4, -0.2) is 17.1 Å². The topological polar surface area (TPSA) is 49.3 Å². The van der Waals surface area contributed by atoms with Crippen molar-refractivity contribution in [2.75, 3.05) is 5.32 Å². The van der Waals surface area contributed by atoms with Gasteiger partial charge >= 0.3 is 5.97 Å². The highest BCUT2D eigenvalue weighted by Crippen LogP contribution is 2.33. The van der Waals surface area contributed by atoms with E-state index in [1.807, 2.05) is 12.1 Å². The first-order valence-electron chi connectivity index (χ1n) is 7.28. The molecular formula is C16H22BrNO2. The lowest BCUT2D eigenvalue weighted by Crippen LogP contribution is -2.35. The molecule has 20 heavy (non-hydrogen) atoms. The number of hydrogen-bond donors (Lipinski definition) is 2. The molecule has 2 atom stereocenters. The summed E-state index contributed by atoms with van der Waals surface area (Å²) in [6, 6.07) is 5.79. The van der Waals surface area contributed by atoms with Crippen molar-refractivity contribution in [1.29, 1.82) is 0 Å². The number of nitrogens with one attached hydrogen (secondary N) is 1. The molecule has 0 spiro atoms. The van der Waals surface area contributed by atoms with Crippen LogP contribution in [0.15, 0.2) is 22.7 Å². The Kier molecular flexibility index (Phi) is 5.08. The number of carboxylic acid groups (broad SMARTS) is 1. The molecule has 0 bridgehead atoms. The number of hydrogen-bond acceptors (Lipinski definition) is 2. The van der Waals surface area contributed by atoms with Crippen LogP contribution in [0, 0.1) is 11.8 Å². The Bertz CT molecular complexity index is 487. The molecule has 0 saturated heterocycles. The molecule has 0 heterocycles. The Labute approximate surface area is 128 Å². The summed E-state index contributed by atoms with van der Waals surface area (Å²) >= 11 is 3.33. The van der Waals surface area contributed by atoms with E-state index in [0.717, 1.165) is 16.6 Å². The lowest BCUT2D eigenvalue weighted by Gasteiger charge is -2.35. The van der Waals surface area contributed by atoms with E-state index in [1.165, 1.54) is 19.3 Å². The van der Waals surface area contributed by atoms with Crippen LogP contribution in [0.5, 0.6) is 0 Å². The van der Waals surface area contributed by atoms with Gasteiger partial charge < -0.3 is 10.4 Å². The Hall–Kier alpha value is -1.03. The van der Waals surface area contributed by atoms with Crippen molar-refractivity contribution in [2.45, 2.75) is 45.6 Å². The summed E-state index contributed by atoms with van der Waals surface area (Å²) in [5.41, 5.74) is 1.07. The fourth-order valence-electron chi connectivity index (χ4n) is 3.16. The second kappa shape index (κ2) is 6.61. The predicted octanol–water partition coefficient (Wildman–Crippen LogP) is 4.77. The monoisotopic (exact) mass is 339 g/mol. The van der Waals surface area contributed by atoms with E-state index in [9.17, 15) is 9.90 Å². The van der Waals surface area contributed by atoms with Gasteiger partial charge in [0.05, 0.1) is 5.56 Å². The van der Waals surface area contributed by atoms with Gasteiger partial charge in [0.2, 0.25) is 0 Å². The van der Waals surface area contributed by atoms with Crippen LogP contribution in [0.2, 0.25) is 0 Å². The SMILES string of the molecule is CC(C)C1CCCCC1Nc1ccc(Br)cc1C(=O)O. The minimum Gasteiger partial charge on any atom is -0.478 e. The van der Waals surface area contributed by atoms with Crippen LogP contribution in [-0.2, 0) is 0 Å². The maximum Gasteiger partial charge on any atom is 0.337 e. The summed E-state index contributed by atoms with van der Waals surface area (Å²) in [5, 5.41) is 12.8. The molecule has 3 nitrogen and oxygen atoms in total. The zero-order chi connectivity index (χ0) is 14.7. The smallest absolute Gasteiger partial charge is 0.337 e. The third-order valence-corrected chi connectivity index (χ3v) is 4.72. The molecule has 110 valence electrons. The van der Waals surface area contributed by atoms with E-state index >= 15 is 0 Å². The van der Waals surface area contributed by atoms with Gasteiger partial charge in [0.1, 0.15) is 0 Å². The van der Waals surface area contributed by atoms with Crippen LogP contribution in [0.25, 0.3) is 0 Å². The Morgan fingerprint density at radius 1 is 1.35 bits per heavy atom. The molecule has 0 amide bonds. The minimum absolute atomic E-state index is 0.340. The second-order valence-corrected chi connectivity index (χ2v) is 6.85. The summed E-state index contributed by atoms with van der Waals surface area (Å²) in [6.45, 7) is 4.51. The Morgan fingerprint density at radius 2 is 2.05 bits per heavy atom. The van der Waals surface area contributed by atoms with Crippen molar-refractivity contribution in [1.82, 2.24) is 0 Å². The molecule has 4 heteroatoms. The van der Waals surface area contributed by atoms with Crippen LogP contribution >= 0.6 is 15.9 Å². The van der Waals surface area contributed by atoms with Crippen LogP contribution in [0.1, 0.15) is 49.9 Å². The minimum atomic E-state index is -0.884. The molecule has 1 saturated carbocycles. The van der Waals surface area contributed by atoms with E-state index in [-0.39, 0.29) is 0 Å². The molecule has 1 aromatic carbocycles. The predicted molar refractivity (Wildman–Crippen MR) is 85.3 cm³/mol. The van der Waals surface area contributed by atoms with Crippen LogP contribution in [0.3, 0.4) is 0 Å². The standard InChI is InChI=1S/C16H22BrNO2/c1-10(2)12-5-3-4-6-14(12)18-15-8-7-11(17)9-13(15)16(19)20/h7-10,12,14,18H,3-6H2,1-2H3,(H,19,20). The third-order valence-electron chi connectivity index (χ3n) is 4.23. The van der Waals surface area contributed by atoms with Crippen LogP contribution in [0.4, 0.5) is 5.69 Å². The molecule has 0 aliphatic heterocycles. The average Bonchev–Trinajstić information content (AvgIpc) is 2.41. The number of carbonyl (C=O) groups is 1. The molecular weight excluding hydrogens is 318 g/mol. The Morgan fingerprint density at radius 3 is 2.70 bits per heavy atom. The summed E-state index contributed by atoms with van der Waals surface area (Å²) in [6.07, 6.45) is 4.86. The van der Waals surface area contributed by atoms with Crippen molar-refractivity contribution in [3.8, 4) is 0 Å². The molecule has 1 fully saturated rings. The first kappa shape index (κ1) is 15.4. The van der Waals surface area contributed by atoms with E-state index in [1.54, 1.807) is 6.07 Å². The van der Waals surface area contributed by atoms with E-state index < -0.39 is 5.97 Å². The highest BCUT2D eigenvalue weighted by molar-refractivity contribution is 9.10. The van der Waals surface area contributed by atoms with Gasteiger partial charge in [0.15, 0.2) is 0 Å². The maximum atomic E-state index is 11.4. The van der Waals surface area contributed by atoms with E-state index in [0.29, 0.717) is 23.4 Å². The van der Waals surface area contributed by atoms with Crippen molar-refractivity contribution >= 4 is 27.6 Å². The van der Waals surface area contributed by atoms with Gasteiger partial charge in [-0.05, 0) is 42.9 Å². The highest BCUT2D eigenvalue weighted by Gasteiger charge is 2.28. The van der Waals surface area contributed by atoms with Crippen molar-refractivity contribution in [2.24, 2.45) is 11.8 Å². The summed E-state index contributed by atoms with van der Waals surface area (Å²) in [5.74, 6) is 0.358. The number of carboxylic acids is 1. The molecule has 2 rings (SSSR count). The van der Waals surface area contributed by atoms with E-state index in [4.69, 9.17) is 0 Å². The fraction of sp³-hybridized carbons (Fsp3) is 0.562. The average molecular weight is 340 g/mol. The van der Waals surface area contributed by atoms with E-state index in [2.05, 4.69) is 35.1 Å². The van der Waals surface area contributed by atoms with Gasteiger partial charge in [0.25, 0.3) is 0 Å². The molecule has 2 N–H and O–H groups in total. The van der Waals surface area contributed by atoms with Gasteiger partial charge in [-0.3, -0.25) is 0 Å². The first-order chi connectivity index (χ1) is 9.49. The maximum absolute atomic E-state index is 11.4. The lowest BCUT2D eigenvalue weighted by atomic mass is 9.77. The number of benzene rings is 1. The Balaban J connectivity index is 2.22. The lowest BCUT2D eigenvalue weighted by molar-refractivity contribution is 0.0697. The van der Waals surface area contributed by atoms with Crippen molar-refractivity contribution in [3.05, 3.63) is 28.2 Å². The van der Waals surface area contributed by atoms with Gasteiger partial charge in [-0.2, -0.15) is 0 Å². The van der Waals surface area contributed by atoms with Gasteiger partial charge in [-0.25, -0.2) is 4.79 Å². The van der Waals surface area contributed by atoms with Gasteiger partial charge in [-0.15, -0.1) is 0 Å². The summed E-state index contributed by atoms with van der Waals surface area (Å²) < 4.78 is 0.796. The zero-order valence-corrected chi connectivity index (χ0v) is 13.6. The summed E-state index contributed by atoms with van der Waals surface area (Å²) in [7, 11) is 0. The quantitative estimate of drug-likeness (QED) is 0.830.